The Morgan fingerprint density at radius 2 is 2.33 bits per heavy atom. The van der Waals surface area contributed by atoms with Crippen LogP contribution in [0.4, 0.5) is 0 Å². The zero-order valence-corrected chi connectivity index (χ0v) is 4.90. The van der Waals surface area contributed by atoms with E-state index in [9.17, 15) is 4.79 Å². The molecule has 0 spiro atoms. The molecule has 1 rings (SSSR count). The predicted molar refractivity (Wildman–Crippen MR) is 37.3 cm³/mol. The minimum absolute atomic E-state index is 0.325. The van der Waals surface area contributed by atoms with E-state index in [-0.39, 0.29) is 6.42 Å². The molecule has 0 heterocycles. The average molecular weight is 135 g/mol. The summed E-state index contributed by atoms with van der Waals surface area (Å²) in [4.78, 5) is 10.3. The van der Waals surface area contributed by atoms with Gasteiger partial charge in [-0.15, -0.1) is 0 Å². The van der Waals surface area contributed by atoms with Crippen LogP contribution >= 0.6 is 0 Å². The molecule has 0 aromatic carbocycles. The van der Waals surface area contributed by atoms with Crippen molar-refractivity contribution < 1.29 is 17.1 Å². The highest BCUT2D eigenvalue weighted by atomic mass is 16.1. The van der Waals surface area contributed by atoms with Crippen LogP contribution < -0.4 is 0 Å². The maximum Gasteiger partial charge on any atom is 0.120 e. The molecule has 0 unspecified atom stereocenters. The van der Waals surface area contributed by atoms with Gasteiger partial charge >= 0.3 is 0 Å². The lowest BCUT2D eigenvalue weighted by molar-refractivity contribution is -0.108. The molecule has 9 heavy (non-hydrogen) atoms. The molecule has 1 saturated carbocycles. The maximum atomic E-state index is 10.3. The second-order valence-corrected chi connectivity index (χ2v) is 1.68. The molecule has 1 heteroatoms. The van der Waals surface area contributed by atoms with Gasteiger partial charge in [0.15, 0.2) is 0 Å². The number of rotatable bonds is 3. The Labute approximate surface area is 69.1 Å². The number of hydrogen-bond acceptors (Lipinski definition) is 1. The molecule has 0 bridgehead atoms. The van der Waals surface area contributed by atoms with Gasteiger partial charge < -0.3 is 4.79 Å². The van der Waals surface area contributed by atoms with Gasteiger partial charge in [0.25, 0.3) is 0 Å². The molecule has 0 aromatic heterocycles. The lowest BCUT2D eigenvalue weighted by Crippen LogP contribution is -1.92. The van der Waals surface area contributed by atoms with Crippen LogP contribution in [0.1, 0.15) is 50.7 Å². The van der Waals surface area contributed by atoms with E-state index < -0.39 is 37.8 Å². The van der Waals surface area contributed by atoms with E-state index in [0.29, 0.717) is 6.29 Å². The average Bonchev–Trinajstić information content (AvgIpc) is 2.27. The fourth-order valence-electron chi connectivity index (χ4n) is 0.573. The Hall–Kier alpha value is -0.330. The summed E-state index contributed by atoms with van der Waals surface area (Å²) in [5.41, 5.74) is 0. The van der Waals surface area contributed by atoms with Crippen LogP contribution in [0.3, 0.4) is 0 Å². The van der Waals surface area contributed by atoms with E-state index >= 15 is 0 Å². The van der Waals surface area contributed by atoms with E-state index in [0.717, 1.165) is 0 Å². The first-order valence-corrected chi connectivity index (χ1v) is 2.75. The van der Waals surface area contributed by atoms with Gasteiger partial charge in [-0.1, -0.05) is 25.5 Å². The summed E-state index contributed by atoms with van der Waals surface area (Å²) in [6, 6.07) is 0. The van der Waals surface area contributed by atoms with Gasteiger partial charge in [0.2, 0.25) is 0 Å². The Balaban J connectivity index is 3.47. The molecule has 0 aromatic rings. The first-order chi connectivity index (χ1) is 7.81. The molecular weight excluding hydrogens is 112 g/mol. The van der Waals surface area contributed by atoms with Gasteiger partial charge in [-0.05, 0) is 12.3 Å². The van der Waals surface area contributed by atoms with Crippen LogP contribution in [0.2, 0.25) is 0 Å². The largest absolute Gasteiger partial charge is 0.303 e. The van der Waals surface area contributed by atoms with Crippen molar-refractivity contribution in [2.45, 2.75) is 38.3 Å². The second kappa shape index (κ2) is 3.65. The summed E-state index contributed by atoms with van der Waals surface area (Å²) in [5, 5.41) is 0. The fraction of sp³-hybridized carbons (Fsp3) is 0.875. The molecule has 1 aliphatic carbocycles. The van der Waals surface area contributed by atoms with Gasteiger partial charge in [0, 0.05) is 18.8 Å². The summed E-state index contributed by atoms with van der Waals surface area (Å²) in [5.74, 6) is -2.66. The Morgan fingerprint density at radius 3 is 2.89 bits per heavy atom. The minimum atomic E-state index is -3.16. The zero-order chi connectivity index (χ0) is 14.6. The molecule has 0 aliphatic heterocycles. The summed E-state index contributed by atoms with van der Waals surface area (Å²) in [6.07, 6.45) is -12.9. The van der Waals surface area contributed by atoms with Crippen molar-refractivity contribution in [3.8, 4) is 0 Å². The van der Waals surface area contributed by atoms with Crippen molar-refractivity contribution in [3.05, 3.63) is 0 Å². The van der Waals surface area contributed by atoms with Crippen LogP contribution in [-0.2, 0) is 4.79 Å². The van der Waals surface area contributed by atoms with E-state index in [1.807, 2.05) is 0 Å². The highest BCUT2D eigenvalue weighted by molar-refractivity contribution is 5.49. The van der Waals surface area contributed by atoms with Crippen molar-refractivity contribution in [1.29, 1.82) is 0 Å². The van der Waals surface area contributed by atoms with Crippen molar-refractivity contribution in [3.63, 3.8) is 0 Å². The normalized spacial score (nSPS) is 61.1. The van der Waals surface area contributed by atoms with Gasteiger partial charge in [-0.2, -0.15) is 0 Å². The predicted octanol–water partition coefficient (Wildman–Crippen LogP) is 2.16. The van der Waals surface area contributed by atoms with Crippen LogP contribution in [0.25, 0.3) is 0 Å². The monoisotopic (exact) mass is 135 g/mol. The highest BCUT2D eigenvalue weighted by Gasteiger charge is 2.13. The lowest BCUT2D eigenvalue weighted by atomic mass is 10.0. The van der Waals surface area contributed by atoms with Crippen LogP contribution in [0.15, 0.2) is 0 Å². The van der Waals surface area contributed by atoms with Crippen molar-refractivity contribution in [2.75, 3.05) is 0 Å². The first kappa shape index (κ1) is 1.63. The Morgan fingerprint density at radius 1 is 1.67 bits per heavy atom. The van der Waals surface area contributed by atoms with Gasteiger partial charge in [-0.25, -0.2) is 0 Å². The summed E-state index contributed by atoms with van der Waals surface area (Å²) >= 11 is 0. The molecule has 1 fully saturated rings. The Bertz CT molecular complexity index is 336. The molecule has 0 atom stereocenters. The second-order valence-electron chi connectivity index (χ2n) is 1.68. The third kappa shape index (κ3) is 2.17. The SMILES string of the molecule is [2H]C1([2H])C([2H])([2H])C([2H])([2H])C([2H])(CCC=O)C1([2H])[2H]. The standard InChI is InChI=1S/C8H14O/c9-7-3-6-8-4-1-2-5-8/h7-8H,1-6H2/i1D2,2D2,4D2,5D2,8D. The quantitative estimate of drug-likeness (QED) is 0.542. The molecule has 0 radical (unpaired) electrons. The minimum Gasteiger partial charge on any atom is -0.303 e. The Kier molecular flexibility index (Phi) is 0.662. The summed E-state index contributed by atoms with van der Waals surface area (Å²) in [6.45, 7) is 0. The van der Waals surface area contributed by atoms with Crippen molar-refractivity contribution in [1.82, 2.24) is 0 Å². The topological polar surface area (TPSA) is 17.1 Å². The molecule has 52 valence electrons. The smallest absolute Gasteiger partial charge is 0.120 e. The van der Waals surface area contributed by atoms with E-state index in [1.165, 1.54) is 0 Å². The van der Waals surface area contributed by atoms with Gasteiger partial charge in [0.1, 0.15) is 6.29 Å². The molecule has 0 saturated heterocycles. The van der Waals surface area contributed by atoms with E-state index in [4.69, 9.17) is 12.3 Å². The van der Waals surface area contributed by atoms with Crippen LogP contribution in [0.5, 0.6) is 0 Å². The van der Waals surface area contributed by atoms with E-state index in [1.54, 1.807) is 0 Å². The van der Waals surface area contributed by atoms with Crippen LogP contribution in [-0.4, -0.2) is 6.29 Å². The molecule has 1 nitrogen and oxygen atoms in total. The van der Waals surface area contributed by atoms with Crippen molar-refractivity contribution >= 4 is 6.29 Å². The molecule has 0 N–H and O–H groups in total. The molecular formula is C8H14O. The first-order valence-electron chi connectivity index (χ1n) is 7.25. The van der Waals surface area contributed by atoms with Gasteiger partial charge in [-0.3, -0.25) is 0 Å². The zero-order valence-electron chi connectivity index (χ0n) is 13.9. The third-order valence-electron chi connectivity index (χ3n) is 1.00. The lowest BCUT2D eigenvalue weighted by Gasteiger charge is -2.02. The maximum absolute atomic E-state index is 10.3. The van der Waals surface area contributed by atoms with E-state index in [2.05, 4.69) is 0 Å². The van der Waals surface area contributed by atoms with Gasteiger partial charge in [0.05, 0.1) is 0 Å². The fourth-order valence-corrected chi connectivity index (χ4v) is 0.573. The summed E-state index contributed by atoms with van der Waals surface area (Å²) < 4.78 is 68.5. The number of carbonyl (C=O) groups is 1. The number of hydrogen-bond donors (Lipinski definition) is 0. The molecule has 0 amide bonds. The highest BCUT2D eigenvalue weighted by Crippen LogP contribution is 2.27. The van der Waals surface area contributed by atoms with Crippen molar-refractivity contribution in [2.24, 2.45) is 5.89 Å². The van der Waals surface area contributed by atoms with Crippen LogP contribution in [0, 0.1) is 5.89 Å². The molecule has 1 aliphatic rings. The summed E-state index contributed by atoms with van der Waals surface area (Å²) in [7, 11) is 0. The number of carbonyl (C=O) groups excluding carboxylic acids is 1. The number of aldehydes is 1. The third-order valence-corrected chi connectivity index (χ3v) is 1.00.